The molecule has 0 radical (unpaired) electrons. The zero-order valence-corrected chi connectivity index (χ0v) is 14.5. The smallest absolute Gasteiger partial charge is 0.253 e. The number of nitrogens with one attached hydrogen (secondary N) is 3. The zero-order valence-electron chi connectivity index (χ0n) is 13.7. The van der Waals surface area contributed by atoms with Gasteiger partial charge < -0.3 is 20.7 Å². The highest BCUT2D eigenvalue weighted by Crippen LogP contribution is 2.30. The van der Waals surface area contributed by atoms with Crippen LogP contribution in [0.5, 0.6) is 5.75 Å². The molecule has 4 N–H and O–H groups in total. The predicted molar refractivity (Wildman–Crippen MR) is 99.0 cm³/mol. The second kappa shape index (κ2) is 6.85. The molecule has 0 aliphatic carbocycles. The Hall–Kier alpha value is -2.38. The number of phenols is 1. The van der Waals surface area contributed by atoms with Crippen LogP contribution in [-0.4, -0.2) is 40.6 Å². The van der Waals surface area contributed by atoms with Crippen molar-refractivity contribution >= 4 is 28.3 Å². The third kappa shape index (κ3) is 3.25. The van der Waals surface area contributed by atoms with E-state index in [1.165, 1.54) is 6.07 Å². The van der Waals surface area contributed by atoms with Crippen LogP contribution in [0.4, 0.5) is 0 Å². The fraction of sp³-hybridized carbons (Fsp3) is 0.333. The van der Waals surface area contributed by atoms with Gasteiger partial charge in [0.25, 0.3) is 5.91 Å². The van der Waals surface area contributed by atoms with E-state index in [1.807, 2.05) is 17.5 Å². The monoisotopic (exact) mass is 356 g/mol. The normalized spacial score (nSPS) is 15.5. The van der Waals surface area contributed by atoms with Crippen LogP contribution in [0.15, 0.2) is 29.6 Å². The topological polar surface area (TPSA) is 90.0 Å². The van der Waals surface area contributed by atoms with Gasteiger partial charge in [-0.1, -0.05) is 6.07 Å². The van der Waals surface area contributed by atoms with Crippen molar-refractivity contribution in [2.24, 2.45) is 5.92 Å². The van der Waals surface area contributed by atoms with Crippen molar-refractivity contribution in [3.63, 3.8) is 0 Å². The summed E-state index contributed by atoms with van der Waals surface area (Å²) in [6.07, 6.45) is 2.16. The molecule has 1 aromatic carbocycles. The van der Waals surface area contributed by atoms with Crippen LogP contribution in [0.2, 0.25) is 0 Å². The largest absolute Gasteiger partial charge is 0.506 e. The van der Waals surface area contributed by atoms with Gasteiger partial charge in [-0.25, -0.2) is 4.98 Å². The molecule has 7 heteroatoms. The highest BCUT2D eigenvalue weighted by Gasteiger charge is 2.19. The fourth-order valence-corrected chi connectivity index (χ4v) is 3.88. The lowest BCUT2D eigenvalue weighted by molar-refractivity contribution is 0.0945. The third-order valence-electron chi connectivity index (χ3n) is 4.63. The van der Waals surface area contributed by atoms with Gasteiger partial charge in [-0.2, -0.15) is 0 Å². The summed E-state index contributed by atoms with van der Waals surface area (Å²) in [6.45, 7) is 2.69. The number of amides is 1. The number of piperidine rings is 1. The van der Waals surface area contributed by atoms with E-state index in [0.717, 1.165) is 30.8 Å². The second-order valence-corrected chi connectivity index (χ2v) is 7.27. The Bertz CT molecular complexity index is 882. The molecule has 1 saturated heterocycles. The van der Waals surface area contributed by atoms with Crippen LogP contribution >= 0.6 is 11.3 Å². The molecule has 0 saturated carbocycles. The minimum absolute atomic E-state index is 0.0974. The summed E-state index contributed by atoms with van der Waals surface area (Å²) in [5.41, 5.74) is 1.49. The Balaban J connectivity index is 1.60. The van der Waals surface area contributed by atoms with Crippen molar-refractivity contribution < 1.29 is 9.90 Å². The molecule has 1 aliphatic heterocycles. The SMILES string of the molecule is O=C(NCC1CCNCC1)c1ccc(O)c2[nH]c(-c3cccs3)nc12. The number of carbonyl (C=O) groups excluding carboxylic acids is 1. The van der Waals surface area contributed by atoms with Gasteiger partial charge in [-0.3, -0.25) is 4.79 Å². The molecule has 1 aliphatic rings. The highest BCUT2D eigenvalue weighted by molar-refractivity contribution is 7.13. The Kier molecular flexibility index (Phi) is 4.42. The van der Waals surface area contributed by atoms with E-state index in [9.17, 15) is 9.90 Å². The summed E-state index contributed by atoms with van der Waals surface area (Å²) in [5.74, 6) is 1.13. The number of thiophene rings is 1. The molecule has 0 spiro atoms. The maximum Gasteiger partial charge on any atom is 0.253 e. The predicted octanol–water partition coefficient (Wildman–Crippen LogP) is 2.73. The van der Waals surface area contributed by atoms with Crippen molar-refractivity contribution in [3.8, 4) is 16.5 Å². The van der Waals surface area contributed by atoms with Crippen molar-refractivity contribution in [1.29, 1.82) is 0 Å². The van der Waals surface area contributed by atoms with Gasteiger partial charge in [0.05, 0.1) is 10.4 Å². The van der Waals surface area contributed by atoms with E-state index in [0.29, 0.717) is 34.9 Å². The highest BCUT2D eigenvalue weighted by atomic mass is 32.1. The number of hydrogen-bond acceptors (Lipinski definition) is 5. The van der Waals surface area contributed by atoms with Crippen LogP contribution in [0.1, 0.15) is 23.2 Å². The van der Waals surface area contributed by atoms with Gasteiger partial charge in [0.1, 0.15) is 22.6 Å². The number of rotatable bonds is 4. The Labute approximate surface area is 149 Å². The molecule has 0 bridgehead atoms. The summed E-state index contributed by atoms with van der Waals surface area (Å²) < 4.78 is 0. The molecule has 6 nitrogen and oxygen atoms in total. The number of aromatic amines is 1. The van der Waals surface area contributed by atoms with Gasteiger partial charge in [0.15, 0.2) is 0 Å². The average molecular weight is 356 g/mol. The van der Waals surface area contributed by atoms with Gasteiger partial charge in [0, 0.05) is 6.54 Å². The number of phenolic OH excluding ortho intramolecular Hbond substituents is 1. The van der Waals surface area contributed by atoms with E-state index in [4.69, 9.17) is 0 Å². The van der Waals surface area contributed by atoms with Gasteiger partial charge >= 0.3 is 0 Å². The van der Waals surface area contributed by atoms with Crippen molar-refractivity contribution in [1.82, 2.24) is 20.6 Å². The first-order valence-electron chi connectivity index (χ1n) is 8.47. The van der Waals surface area contributed by atoms with Gasteiger partial charge in [0.2, 0.25) is 0 Å². The molecule has 130 valence electrons. The minimum atomic E-state index is -0.146. The summed E-state index contributed by atoms with van der Waals surface area (Å²) in [4.78, 5) is 21.3. The first-order chi connectivity index (χ1) is 12.2. The number of nitrogens with zero attached hydrogens (tertiary/aromatic N) is 1. The molecule has 2 aromatic heterocycles. The molecule has 1 fully saturated rings. The molecule has 3 aromatic rings. The van der Waals surface area contributed by atoms with Crippen LogP contribution in [0.3, 0.4) is 0 Å². The van der Waals surface area contributed by atoms with E-state index in [1.54, 1.807) is 17.4 Å². The number of aromatic nitrogens is 2. The summed E-state index contributed by atoms with van der Waals surface area (Å²) >= 11 is 1.56. The van der Waals surface area contributed by atoms with Crippen molar-refractivity contribution in [2.45, 2.75) is 12.8 Å². The number of hydrogen-bond donors (Lipinski definition) is 4. The summed E-state index contributed by atoms with van der Waals surface area (Å²) in [5, 5.41) is 18.4. The molecule has 25 heavy (non-hydrogen) atoms. The second-order valence-electron chi connectivity index (χ2n) is 6.32. The van der Waals surface area contributed by atoms with Crippen LogP contribution in [0.25, 0.3) is 21.7 Å². The van der Waals surface area contributed by atoms with E-state index < -0.39 is 0 Å². The number of imidazole rings is 1. The summed E-state index contributed by atoms with van der Waals surface area (Å²) in [6, 6.07) is 7.07. The zero-order chi connectivity index (χ0) is 17.2. The van der Waals surface area contributed by atoms with Crippen LogP contribution in [-0.2, 0) is 0 Å². The number of aromatic hydroxyl groups is 1. The lowest BCUT2D eigenvalue weighted by atomic mass is 9.98. The quantitative estimate of drug-likeness (QED) is 0.579. The standard InChI is InChI=1S/C18H20N4O2S/c23-13-4-3-12(18(24)20-10-11-5-7-19-8-6-11)15-16(13)22-17(21-15)14-2-1-9-25-14/h1-4,9,11,19,23H,5-8,10H2,(H,20,24)(H,21,22). The number of benzene rings is 1. The number of carbonyl (C=O) groups is 1. The lowest BCUT2D eigenvalue weighted by Crippen LogP contribution is -2.36. The maximum atomic E-state index is 12.6. The molecule has 3 heterocycles. The Morgan fingerprint density at radius 1 is 1.32 bits per heavy atom. The van der Waals surface area contributed by atoms with E-state index in [-0.39, 0.29) is 11.7 Å². The number of H-pyrrole nitrogens is 1. The minimum Gasteiger partial charge on any atom is -0.506 e. The number of fused-ring (bicyclic) bond motifs is 1. The molecular weight excluding hydrogens is 336 g/mol. The molecule has 4 rings (SSSR count). The fourth-order valence-electron chi connectivity index (χ4n) is 3.21. The van der Waals surface area contributed by atoms with E-state index >= 15 is 0 Å². The van der Waals surface area contributed by atoms with E-state index in [2.05, 4.69) is 20.6 Å². The van der Waals surface area contributed by atoms with Crippen LogP contribution < -0.4 is 10.6 Å². The Morgan fingerprint density at radius 3 is 2.92 bits per heavy atom. The van der Waals surface area contributed by atoms with Gasteiger partial charge in [-0.15, -0.1) is 11.3 Å². The molecule has 0 unspecified atom stereocenters. The van der Waals surface area contributed by atoms with Crippen molar-refractivity contribution in [2.75, 3.05) is 19.6 Å². The average Bonchev–Trinajstić information content (AvgIpc) is 3.30. The van der Waals surface area contributed by atoms with Gasteiger partial charge in [-0.05, 0) is 55.4 Å². The molecule has 1 amide bonds. The Morgan fingerprint density at radius 2 is 2.16 bits per heavy atom. The lowest BCUT2D eigenvalue weighted by Gasteiger charge is -2.22. The molecule has 0 atom stereocenters. The van der Waals surface area contributed by atoms with Crippen molar-refractivity contribution in [3.05, 3.63) is 35.2 Å². The first kappa shape index (κ1) is 16.1. The van der Waals surface area contributed by atoms with Crippen LogP contribution in [0, 0.1) is 5.92 Å². The third-order valence-corrected chi connectivity index (χ3v) is 5.51. The molecular formula is C18H20N4O2S. The summed E-state index contributed by atoms with van der Waals surface area (Å²) in [7, 11) is 0. The first-order valence-corrected chi connectivity index (χ1v) is 9.35. The maximum absolute atomic E-state index is 12.6.